The molecule has 2 amide bonds. The van der Waals surface area contributed by atoms with Crippen molar-refractivity contribution in [2.75, 3.05) is 25.6 Å². The molecule has 2 aliphatic rings. The summed E-state index contributed by atoms with van der Waals surface area (Å²) in [5.74, 6) is 0.332. The molecule has 0 radical (unpaired) electrons. The molecule has 0 saturated carbocycles. The third-order valence-electron chi connectivity index (χ3n) is 5.05. The number of nitrogens with zero attached hydrogens (tertiary/aromatic N) is 1. The summed E-state index contributed by atoms with van der Waals surface area (Å²) in [6.45, 7) is 1.86. The average molecular weight is 366 g/mol. The van der Waals surface area contributed by atoms with Gasteiger partial charge in [0, 0.05) is 25.4 Å². The molecule has 6 heteroatoms. The molecule has 6 nitrogen and oxygen atoms in total. The van der Waals surface area contributed by atoms with E-state index in [1.54, 1.807) is 42.3 Å². The topological polar surface area (TPSA) is 67.9 Å². The maximum absolute atomic E-state index is 12.9. The molecule has 0 aliphatic carbocycles. The number of amides is 2. The number of anilines is 1. The van der Waals surface area contributed by atoms with Gasteiger partial charge in [0.2, 0.25) is 0 Å². The summed E-state index contributed by atoms with van der Waals surface area (Å²) < 4.78 is 10.8. The lowest BCUT2D eigenvalue weighted by Gasteiger charge is -2.19. The Balaban J connectivity index is 1.52. The van der Waals surface area contributed by atoms with Crippen molar-refractivity contribution in [3.05, 3.63) is 59.2 Å². The fraction of sp³-hybridized carbons (Fsp3) is 0.333. The first-order chi connectivity index (χ1) is 13.2. The van der Waals surface area contributed by atoms with Crippen LogP contribution in [0.15, 0.2) is 42.5 Å². The summed E-state index contributed by atoms with van der Waals surface area (Å²) in [6.07, 6.45) is 2.11. The molecule has 1 saturated heterocycles. The quantitative estimate of drug-likeness (QED) is 0.883. The van der Waals surface area contributed by atoms with Crippen LogP contribution < -0.4 is 10.1 Å². The van der Waals surface area contributed by atoms with Crippen LogP contribution >= 0.6 is 0 Å². The SMILES string of the molecule is COc1ccc(NC(=O)c2cccc3c2C(=O)N(C[C@@H]2CCCO2)C3)cc1. The van der Waals surface area contributed by atoms with Gasteiger partial charge in [-0.2, -0.15) is 0 Å². The van der Waals surface area contributed by atoms with E-state index >= 15 is 0 Å². The molecular formula is C21H22N2O4. The largest absolute Gasteiger partial charge is 0.497 e. The first kappa shape index (κ1) is 17.5. The summed E-state index contributed by atoms with van der Waals surface area (Å²) in [4.78, 5) is 27.5. The predicted octanol–water partition coefficient (Wildman–Crippen LogP) is 3.08. The van der Waals surface area contributed by atoms with Gasteiger partial charge in [-0.15, -0.1) is 0 Å². The molecule has 2 aliphatic heterocycles. The number of benzene rings is 2. The van der Waals surface area contributed by atoms with E-state index in [0.717, 1.165) is 25.0 Å². The van der Waals surface area contributed by atoms with E-state index in [9.17, 15) is 9.59 Å². The number of carbonyl (C=O) groups is 2. The number of rotatable bonds is 5. The molecular weight excluding hydrogens is 344 g/mol. The Kier molecular flexibility index (Phi) is 4.81. The molecule has 140 valence electrons. The van der Waals surface area contributed by atoms with Crippen LogP contribution in [-0.4, -0.2) is 43.1 Å². The van der Waals surface area contributed by atoms with Crippen LogP contribution in [0.5, 0.6) is 5.75 Å². The Hall–Kier alpha value is -2.86. The maximum atomic E-state index is 12.9. The van der Waals surface area contributed by atoms with E-state index < -0.39 is 0 Å². The molecule has 0 spiro atoms. The van der Waals surface area contributed by atoms with E-state index in [0.29, 0.717) is 35.7 Å². The third-order valence-corrected chi connectivity index (χ3v) is 5.05. The zero-order valence-electron chi connectivity index (χ0n) is 15.2. The van der Waals surface area contributed by atoms with Crippen molar-refractivity contribution >= 4 is 17.5 Å². The smallest absolute Gasteiger partial charge is 0.256 e. The Labute approximate surface area is 158 Å². The number of hydrogen-bond acceptors (Lipinski definition) is 4. The second-order valence-corrected chi connectivity index (χ2v) is 6.84. The minimum atomic E-state index is -0.288. The molecule has 2 aromatic carbocycles. The zero-order valence-corrected chi connectivity index (χ0v) is 15.2. The van der Waals surface area contributed by atoms with Gasteiger partial charge in [-0.25, -0.2) is 0 Å². The third kappa shape index (κ3) is 3.53. The molecule has 1 fully saturated rings. The van der Waals surface area contributed by atoms with Crippen LogP contribution in [0.4, 0.5) is 5.69 Å². The van der Waals surface area contributed by atoms with E-state index in [4.69, 9.17) is 9.47 Å². The Morgan fingerprint density at radius 3 is 2.78 bits per heavy atom. The summed E-state index contributed by atoms with van der Waals surface area (Å²) >= 11 is 0. The van der Waals surface area contributed by atoms with Gasteiger partial charge < -0.3 is 19.7 Å². The first-order valence-electron chi connectivity index (χ1n) is 9.14. The zero-order chi connectivity index (χ0) is 18.8. The van der Waals surface area contributed by atoms with Crippen LogP contribution in [0.2, 0.25) is 0 Å². The summed E-state index contributed by atoms with van der Waals surface area (Å²) in [5, 5.41) is 2.86. The first-order valence-corrected chi connectivity index (χ1v) is 9.14. The Bertz CT molecular complexity index is 857. The second-order valence-electron chi connectivity index (χ2n) is 6.84. The minimum Gasteiger partial charge on any atom is -0.497 e. The number of fused-ring (bicyclic) bond motifs is 1. The van der Waals surface area contributed by atoms with E-state index in [-0.39, 0.29) is 17.9 Å². The molecule has 2 heterocycles. The molecule has 27 heavy (non-hydrogen) atoms. The van der Waals surface area contributed by atoms with Gasteiger partial charge in [-0.05, 0) is 48.7 Å². The number of hydrogen-bond donors (Lipinski definition) is 1. The lowest BCUT2D eigenvalue weighted by atomic mass is 10.0. The van der Waals surface area contributed by atoms with Crippen molar-refractivity contribution in [3.8, 4) is 5.75 Å². The fourth-order valence-electron chi connectivity index (χ4n) is 3.66. The van der Waals surface area contributed by atoms with Crippen molar-refractivity contribution < 1.29 is 19.1 Å². The molecule has 1 atom stereocenters. The molecule has 1 N–H and O–H groups in total. The van der Waals surface area contributed by atoms with Gasteiger partial charge in [0.05, 0.1) is 24.3 Å². The summed E-state index contributed by atoms with van der Waals surface area (Å²) in [7, 11) is 1.59. The highest BCUT2D eigenvalue weighted by Gasteiger charge is 2.33. The normalized spacial score (nSPS) is 18.5. The van der Waals surface area contributed by atoms with Crippen molar-refractivity contribution in [2.24, 2.45) is 0 Å². The highest BCUT2D eigenvalue weighted by Crippen LogP contribution is 2.28. The predicted molar refractivity (Wildman–Crippen MR) is 101 cm³/mol. The standard InChI is InChI=1S/C21H22N2O4/c1-26-16-9-7-15(8-10-16)22-20(24)18-6-2-4-14-12-23(21(25)19(14)18)13-17-5-3-11-27-17/h2,4,6-10,17H,3,5,11-13H2,1H3,(H,22,24)/t17-/m0/s1. The fourth-order valence-corrected chi connectivity index (χ4v) is 3.66. The second kappa shape index (κ2) is 7.40. The van der Waals surface area contributed by atoms with Gasteiger partial charge in [-0.3, -0.25) is 9.59 Å². The van der Waals surface area contributed by atoms with Crippen molar-refractivity contribution in [1.29, 1.82) is 0 Å². The van der Waals surface area contributed by atoms with Gasteiger partial charge in [0.1, 0.15) is 5.75 Å². The highest BCUT2D eigenvalue weighted by atomic mass is 16.5. The summed E-state index contributed by atoms with van der Waals surface area (Å²) in [6, 6.07) is 12.5. The van der Waals surface area contributed by atoms with Gasteiger partial charge in [-0.1, -0.05) is 12.1 Å². The van der Waals surface area contributed by atoms with Gasteiger partial charge >= 0.3 is 0 Å². The van der Waals surface area contributed by atoms with Crippen molar-refractivity contribution in [2.45, 2.75) is 25.5 Å². The lowest BCUT2D eigenvalue weighted by Crippen LogP contribution is -2.32. The number of ether oxygens (including phenoxy) is 2. The van der Waals surface area contributed by atoms with Gasteiger partial charge in [0.25, 0.3) is 11.8 Å². The molecule has 4 rings (SSSR count). The van der Waals surface area contributed by atoms with Crippen LogP contribution in [0, 0.1) is 0 Å². The Morgan fingerprint density at radius 2 is 2.07 bits per heavy atom. The maximum Gasteiger partial charge on any atom is 0.256 e. The van der Waals surface area contributed by atoms with Crippen LogP contribution in [-0.2, 0) is 11.3 Å². The number of nitrogens with one attached hydrogen (secondary N) is 1. The van der Waals surface area contributed by atoms with Crippen LogP contribution in [0.3, 0.4) is 0 Å². The Morgan fingerprint density at radius 1 is 1.26 bits per heavy atom. The minimum absolute atomic E-state index is 0.0963. The number of carbonyl (C=O) groups excluding carboxylic acids is 2. The van der Waals surface area contributed by atoms with E-state index in [2.05, 4.69) is 5.32 Å². The molecule has 2 aromatic rings. The van der Waals surface area contributed by atoms with Crippen molar-refractivity contribution in [1.82, 2.24) is 4.90 Å². The highest BCUT2D eigenvalue weighted by molar-refractivity contribution is 6.13. The molecule has 0 unspecified atom stereocenters. The lowest BCUT2D eigenvalue weighted by molar-refractivity contribution is 0.0544. The van der Waals surface area contributed by atoms with Crippen LogP contribution in [0.25, 0.3) is 0 Å². The molecule has 0 bridgehead atoms. The average Bonchev–Trinajstić information content (AvgIpc) is 3.31. The molecule has 0 aromatic heterocycles. The monoisotopic (exact) mass is 366 g/mol. The van der Waals surface area contributed by atoms with E-state index in [1.165, 1.54) is 0 Å². The van der Waals surface area contributed by atoms with Crippen molar-refractivity contribution in [3.63, 3.8) is 0 Å². The summed E-state index contributed by atoms with van der Waals surface area (Å²) in [5.41, 5.74) is 2.45. The number of methoxy groups -OCH3 is 1. The van der Waals surface area contributed by atoms with Gasteiger partial charge in [0.15, 0.2) is 0 Å². The van der Waals surface area contributed by atoms with E-state index in [1.807, 2.05) is 12.1 Å². The van der Waals surface area contributed by atoms with Crippen LogP contribution in [0.1, 0.15) is 39.1 Å².